The van der Waals surface area contributed by atoms with Gasteiger partial charge in [0.25, 0.3) is 0 Å². The predicted molar refractivity (Wildman–Crippen MR) is 535 cm³/mol. The van der Waals surface area contributed by atoms with Crippen molar-refractivity contribution in [1.82, 2.24) is 0 Å². The second kappa shape index (κ2) is 46.3. The molecule has 0 saturated carbocycles. The highest BCUT2D eigenvalue weighted by Crippen LogP contribution is 2.58. The number of esters is 1. The molecular weight excluding hydrogens is 1630 g/mol. The molecule has 0 unspecified atom stereocenters. The van der Waals surface area contributed by atoms with Crippen molar-refractivity contribution < 1.29 is 62.1 Å². The maximum absolute atomic E-state index is 13.7. The minimum Gasteiger partial charge on any atom is -0.490 e. The minimum absolute atomic E-state index is 0.0279. The van der Waals surface area contributed by atoms with Crippen molar-refractivity contribution in [1.29, 1.82) is 0 Å². The van der Waals surface area contributed by atoms with E-state index in [0.717, 1.165) is 102 Å². The number of hydrogen-bond donors (Lipinski definition) is 1. The van der Waals surface area contributed by atoms with Gasteiger partial charge in [0.05, 0.1) is 114 Å². The lowest BCUT2D eigenvalue weighted by Gasteiger charge is -2.35. The molecule has 688 valence electrons. The fourth-order valence-electron chi connectivity index (χ4n) is 17.2. The van der Waals surface area contributed by atoms with Crippen molar-refractivity contribution in [3.63, 3.8) is 0 Å². The molecule has 1 heterocycles. The van der Waals surface area contributed by atoms with Crippen LogP contribution in [0.25, 0.3) is 11.1 Å². The summed E-state index contributed by atoms with van der Waals surface area (Å²) in [4.78, 5) is 42.3. The summed E-state index contributed by atoms with van der Waals surface area (Å²) >= 11 is 0. The zero-order chi connectivity index (χ0) is 94.3. The highest BCUT2D eigenvalue weighted by atomic mass is 16.6. The summed E-state index contributed by atoms with van der Waals surface area (Å²) in [5, 5.41) is 8.85. The summed E-state index contributed by atoms with van der Waals surface area (Å²) in [6, 6.07) is 82.8. The Kier molecular flexibility index (Phi) is 35.3. The van der Waals surface area contributed by atoms with E-state index in [4.69, 9.17) is 52.5 Å². The first kappa shape index (κ1) is 99.7. The van der Waals surface area contributed by atoms with Crippen molar-refractivity contribution in [2.45, 2.75) is 174 Å². The molecule has 0 atom stereocenters. The molecule has 16 nitrogen and oxygen atoms in total. The number of carbonyl (C=O) groups is 3. The second-order valence-electron chi connectivity index (χ2n) is 36.2. The normalized spacial score (nSPS) is 12.2. The molecule has 12 aromatic rings. The molecule has 16 heteroatoms. The number of carbonyl (C=O) groups excluding carboxylic acids is 3. The standard InChI is InChI=1S/C46H56O11.C44H52N2.C24H25NO.CH2O/c1-6-56-45(49)41-30-37(11-14-44(41)57-26-25-54-22-21-52-18-17-50-5)46(42-27-32(2)7-12-38(42)39-13-8-33(3)28-43(39)46)36-10-9-35(40(29-36)34(4)48)31-55-24-23-53-20-19-51-16-15-47;1-29-13-17-37(18-14-29)45(41-31(3)25-35(26-32(41)4)43(7,8)9)39-21-23-40(24-22-39)46(38-19-15-30(2)16-20-38)42-33(5)27-36(28-34(42)6)44(10,11)12;1-4-5-6-19-9-11-20(12-10-19)25-21-13-7-17(2)15-23(21)26-24-16-18(3)8-14-22(24)25;1-2/h7-14,27-30,47H,6,15-26,31H2,1-5H3;13-28H,1-12H3;7-16H,4-6H2,1-3H3;1H2. The lowest BCUT2D eigenvalue weighted by molar-refractivity contribution is -0.0980. The van der Waals surface area contributed by atoms with Crippen molar-refractivity contribution in [3.8, 4) is 28.4 Å². The minimum atomic E-state index is -0.913. The number of fused-ring (bicyclic) bond motifs is 5. The molecule has 0 saturated heterocycles. The molecule has 0 amide bonds. The van der Waals surface area contributed by atoms with E-state index in [2.05, 4.69) is 333 Å². The van der Waals surface area contributed by atoms with Gasteiger partial charge >= 0.3 is 5.97 Å². The number of rotatable bonds is 35. The highest BCUT2D eigenvalue weighted by Gasteiger charge is 2.47. The zero-order valence-corrected chi connectivity index (χ0v) is 80.9. The van der Waals surface area contributed by atoms with Crippen LogP contribution in [0.4, 0.5) is 51.2 Å². The number of ether oxygens (including phenoxy) is 9. The number of anilines is 9. The average Bonchev–Trinajstić information content (AvgIpc) is 1.53. The number of ketones is 1. The Bertz CT molecular complexity index is 5540. The molecule has 0 radical (unpaired) electrons. The molecule has 1 aliphatic heterocycles. The number of aliphatic hydroxyl groups is 1. The summed E-state index contributed by atoms with van der Waals surface area (Å²) in [6.45, 7) is 47.5. The zero-order valence-electron chi connectivity index (χ0n) is 80.9. The number of unbranched alkanes of at least 4 members (excludes halogenated alkanes) is 1. The van der Waals surface area contributed by atoms with Crippen LogP contribution in [0.3, 0.4) is 0 Å². The van der Waals surface area contributed by atoms with Gasteiger partial charge in [-0.05, 0) is 299 Å². The van der Waals surface area contributed by atoms with E-state index in [0.29, 0.717) is 76.3 Å². The number of methoxy groups -OCH3 is 1. The number of Topliss-reactive ketones (excluding diaryl/α,β-unsaturated/α-hetero) is 1. The lowest BCUT2D eigenvalue weighted by atomic mass is 9.66. The number of hydrogen-bond acceptors (Lipinski definition) is 16. The fraction of sp³-hybridized carbons (Fsp3) is 0.348. The average molecular weight is 1770 g/mol. The van der Waals surface area contributed by atoms with E-state index >= 15 is 0 Å². The molecule has 2 aliphatic rings. The molecule has 0 fully saturated rings. The maximum Gasteiger partial charge on any atom is 0.341 e. The molecule has 131 heavy (non-hydrogen) atoms. The Balaban J connectivity index is 0.000000199. The lowest BCUT2D eigenvalue weighted by Crippen LogP contribution is -2.30. The number of aryl methyl sites for hydroxylation is 11. The first-order valence-corrected chi connectivity index (χ1v) is 45.9. The molecular formula is C115H135N3O13. The number of benzene rings is 12. The Labute approximate surface area is 778 Å². The van der Waals surface area contributed by atoms with Gasteiger partial charge in [-0.1, -0.05) is 205 Å². The third-order valence-electron chi connectivity index (χ3n) is 23.9. The van der Waals surface area contributed by atoms with Gasteiger partial charge in [0.2, 0.25) is 0 Å². The van der Waals surface area contributed by atoms with Gasteiger partial charge in [0.1, 0.15) is 24.7 Å². The van der Waals surface area contributed by atoms with E-state index in [1.54, 1.807) is 21.0 Å². The van der Waals surface area contributed by atoms with Crippen LogP contribution in [0.5, 0.6) is 17.2 Å². The SMILES string of the molecule is C=O.CCCCc1ccc(N2c3ccc(C)cc3Oc3cc(C)ccc32)cc1.CCOC(=O)c1cc(C2(c3ccc(COCCOCCOCCO)c(C(C)=O)c3)c3cc(C)ccc3-c3ccc(C)cc32)ccc1OCCOCCOCCOC.Cc1ccc(N(c2ccc(N(c3ccc(C)cc3)c3c(C)cc(C(C)(C)C)cc3C)cc2)c2c(C)cc(C(C)(C)C)cc2C)cc1. The highest BCUT2D eigenvalue weighted by molar-refractivity contribution is 5.98. The summed E-state index contributed by atoms with van der Waals surface area (Å²) in [5.74, 6) is 1.63. The van der Waals surface area contributed by atoms with E-state index in [1.165, 1.54) is 91.1 Å². The van der Waals surface area contributed by atoms with Gasteiger partial charge in [-0.25, -0.2) is 4.79 Å². The molecule has 1 aliphatic carbocycles. The van der Waals surface area contributed by atoms with Crippen LogP contribution in [0.15, 0.2) is 231 Å². The quantitative estimate of drug-likeness (QED) is 0.0226. The Morgan fingerprint density at radius 1 is 0.435 bits per heavy atom. The van der Waals surface area contributed by atoms with Gasteiger partial charge in [0.15, 0.2) is 17.3 Å². The van der Waals surface area contributed by atoms with Crippen LogP contribution in [-0.2, 0) is 67.2 Å². The first-order valence-electron chi connectivity index (χ1n) is 45.9. The van der Waals surface area contributed by atoms with Crippen molar-refractivity contribution in [2.75, 3.05) is 108 Å². The van der Waals surface area contributed by atoms with Gasteiger partial charge in [0, 0.05) is 41.1 Å². The third-order valence-corrected chi connectivity index (χ3v) is 23.9. The smallest absolute Gasteiger partial charge is 0.341 e. The Morgan fingerprint density at radius 3 is 1.26 bits per heavy atom. The van der Waals surface area contributed by atoms with Crippen molar-refractivity contribution >= 4 is 69.7 Å². The van der Waals surface area contributed by atoms with Crippen LogP contribution < -0.4 is 24.2 Å². The van der Waals surface area contributed by atoms with Crippen molar-refractivity contribution in [2.24, 2.45) is 0 Å². The van der Waals surface area contributed by atoms with E-state index in [9.17, 15) is 9.59 Å². The van der Waals surface area contributed by atoms with Gasteiger partial charge in [-0.2, -0.15) is 0 Å². The summed E-state index contributed by atoms with van der Waals surface area (Å²) in [6.07, 6.45) is 3.61. The molecule has 1 N–H and O–H groups in total. The van der Waals surface area contributed by atoms with Gasteiger partial charge < -0.3 is 67.2 Å². The summed E-state index contributed by atoms with van der Waals surface area (Å²) in [7, 11) is 1.63. The molecule has 0 aromatic heterocycles. The molecule has 14 rings (SSSR count). The molecule has 0 bridgehead atoms. The van der Waals surface area contributed by atoms with Crippen LogP contribution in [0, 0.1) is 69.2 Å². The number of aliphatic hydroxyl groups excluding tert-OH is 1. The molecule has 12 aromatic carbocycles. The third kappa shape index (κ3) is 24.5. The first-order chi connectivity index (χ1) is 62.9. The van der Waals surface area contributed by atoms with Crippen LogP contribution in [-0.4, -0.2) is 117 Å². The summed E-state index contributed by atoms with van der Waals surface area (Å²) in [5.41, 5.74) is 33.6. The van der Waals surface area contributed by atoms with Crippen LogP contribution in [0.1, 0.15) is 196 Å². The maximum atomic E-state index is 13.7. The van der Waals surface area contributed by atoms with Crippen molar-refractivity contribution in [3.05, 3.63) is 342 Å². The largest absolute Gasteiger partial charge is 0.490 e. The van der Waals surface area contributed by atoms with Gasteiger partial charge in [-0.3, -0.25) is 4.79 Å². The van der Waals surface area contributed by atoms with Crippen LogP contribution in [0.2, 0.25) is 0 Å². The predicted octanol–water partition coefficient (Wildman–Crippen LogP) is 26.8. The monoisotopic (exact) mass is 1770 g/mol. The molecule has 0 spiro atoms. The van der Waals surface area contributed by atoms with E-state index in [1.807, 2.05) is 37.1 Å². The summed E-state index contributed by atoms with van der Waals surface area (Å²) < 4.78 is 50.9. The van der Waals surface area contributed by atoms with Gasteiger partial charge in [-0.15, -0.1) is 0 Å². The van der Waals surface area contributed by atoms with E-state index < -0.39 is 11.4 Å². The van der Waals surface area contributed by atoms with E-state index in [-0.39, 0.29) is 49.6 Å². The topological polar surface area (TPSA) is 164 Å². The fourth-order valence-corrected chi connectivity index (χ4v) is 17.2. The Hall–Kier alpha value is -11.8. The number of nitrogens with zero attached hydrogens (tertiary/aromatic N) is 3. The van der Waals surface area contributed by atoms with Crippen LogP contribution >= 0.6 is 0 Å². The second-order valence-corrected chi connectivity index (χ2v) is 36.2. The Morgan fingerprint density at radius 2 is 0.832 bits per heavy atom.